The van der Waals surface area contributed by atoms with Crippen molar-refractivity contribution < 1.29 is 4.39 Å². The molecule has 6 heteroatoms. The first kappa shape index (κ1) is 14.1. The van der Waals surface area contributed by atoms with Crippen LogP contribution in [0.4, 0.5) is 10.3 Å². The highest BCUT2D eigenvalue weighted by Gasteiger charge is 2.25. The van der Waals surface area contributed by atoms with Gasteiger partial charge in [-0.05, 0) is 29.8 Å². The summed E-state index contributed by atoms with van der Waals surface area (Å²) in [6.07, 6.45) is 3.43. The van der Waals surface area contributed by atoms with Gasteiger partial charge in [0.15, 0.2) is 0 Å². The number of halogens is 2. The summed E-state index contributed by atoms with van der Waals surface area (Å²) in [5, 5.41) is 7.47. The van der Waals surface area contributed by atoms with Gasteiger partial charge in [0, 0.05) is 15.7 Å². The Morgan fingerprint density at radius 2 is 1.87 bits per heavy atom. The van der Waals surface area contributed by atoms with Gasteiger partial charge in [0.25, 0.3) is 0 Å². The van der Waals surface area contributed by atoms with E-state index in [1.807, 2.05) is 36.4 Å². The zero-order valence-electron chi connectivity index (χ0n) is 11.9. The predicted molar refractivity (Wildman–Crippen MR) is 90.3 cm³/mol. The Kier molecular flexibility index (Phi) is 3.46. The van der Waals surface area contributed by atoms with E-state index in [1.165, 1.54) is 12.4 Å². The third-order valence-corrected chi connectivity index (χ3v) is 4.32. The van der Waals surface area contributed by atoms with E-state index in [9.17, 15) is 4.39 Å². The van der Waals surface area contributed by atoms with Gasteiger partial charge in [0.05, 0.1) is 0 Å². The van der Waals surface area contributed by atoms with Crippen LogP contribution in [0.25, 0.3) is 5.70 Å². The molecule has 0 saturated carbocycles. The molecule has 2 aromatic carbocycles. The number of benzene rings is 2. The number of hydrogen-bond donors (Lipinski definition) is 1. The molecule has 1 aliphatic heterocycles. The second-order valence-corrected chi connectivity index (χ2v) is 6.12. The van der Waals surface area contributed by atoms with Crippen LogP contribution in [0.5, 0.6) is 0 Å². The second-order valence-electron chi connectivity index (χ2n) is 5.21. The van der Waals surface area contributed by atoms with Crippen LogP contribution in [0.2, 0.25) is 0 Å². The molecule has 4 nitrogen and oxygen atoms in total. The monoisotopic (exact) mass is 370 g/mol. The molecule has 0 aliphatic carbocycles. The summed E-state index contributed by atoms with van der Waals surface area (Å²) in [6, 6.07) is 14.3. The summed E-state index contributed by atoms with van der Waals surface area (Å²) in [4.78, 5) is 4.22. The topological polar surface area (TPSA) is 42.7 Å². The van der Waals surface area contributed by atoms with E-state index in [-0.39, 0.29) is 11.9 Å². The maximum atomic E-state index is 14.2. The third-order valence-electron chi connectivity index (χ3n) is 3.79. The first-order chi connectivity index (χ1) is 11.2. The Morgan fingerprint density at radius 1 is 1.09 bits per heavy atom. The number of allylic oxidation sites excluding steroid dienone is 1. The lowest BCUT2D eigenvalue weighted by Crippen LogP contribution is -2.21. The zero-order chi connectivity index (χ0) is 15.8. The molecule has 0 bridgehead atoms. The lowest BCUT2D eigenvalue weighted by atomic mass is 10.0. The van der Waals surface area contributed by atoms with Crippen LogP contribution in [0, 0.1) is 5.82 Å². The fraction of sp³-hybridized carbons (Fsp3) is 0.0588. The van der Waals surface area contributed by atoms with Crippen molar-refractivity contribution in [1.82, 2.24) is 14.8 Å². The molecule has 114 valence electrons. The van der Waals surface area contributed by atoms with Crippen molar-refractivity contribution in [3.8, 4) is 0 Å². The number of rotatable bonds is 2. The molecular formula is C17H12BrFN4. The van der Waals surface area contributed by atoms with Gasteiger partial charge in [-0.2, -0.15) is 10.1 Å². The lowest BCUT2D eigenvalue weighted by molar-refractivity contribution is 0.551. The molecule has 0 saturated heterocycles. The molecule has 0 unspecified atom stereocenters. The van der Waals surface area contributed by atoms with E-state index in [4.69, 9.17) is 0 Å². The first-order valence-corrected chi connectivity index (χ1v) is 7.90. The Bertz CT molecular complexity index is 886. The SMILES string of the molecule is Fc1ccccc1[C@H]1C=C(c2ccc(Br)cc2)Nc2ncnn21. The largest absolute Gasteiger partial charge is 0.324 e. The van der Waals surface area contributed by atoms with Crippen molar-refractivity contribution in [2.24, 2.45) is 0 Å². The van der Waals surface area contributed by atoms with Crippen LogP contribution in [-0.4, -0.2) is 14.8 Å². The molecule has 2 heterocycles. The third kappa shape index (κ3) is 2.55. The number of nitrogens with one attached hydrogen (secondary N) is 1. The van der Waals surface area contributed by atoms with E-state index in [2.05, 4.69) is 31.3 Å². The Labute approximate surface area is 140 Å². The maximum Gasteiger partial charge on any atom is 0.226 e. The van der Waals surface area contributed by atoms with Crippen LogP contribution < -0.4 is 5.32 Å². The summed E-state index contributed by atoms with van der Waals surface area (Å²) in [5.41, 5.74) is 2.45. The summed E-state index contributed by atoms with van der Waals surface area (Å²) in [5.74, 6) is 0.339. The van der Waals surface area contributed by atoms with Crippen LogP contribution in [-0.2, 0) is 0 Å². The minimum Gasteiger partial charge on any atom is -0.324 e. The van der Waals surface area contributed by atoms with Gasteiger partial charge >= 0.3 is 0 Å². The number of nitrogens with zero attached hydrogens (tertiary/aromatic N) is 3. The van der Waals surface area contributed by atoms with Gasteiger partial charge in [0.2, 0.25) is 5.95 Å². The number of aromatic nitrogens is 3. The van der Waals surface area contributed by atoms with Crippen molar-refractivity contribution in [3.63, 3.8) is 0 Å². The van der Waals surface area contributed by atoms with Gasteiger partial charge < -0.3 is 5.32 Å². The van der Waals surface area contributed by atoms with Gasteiger partial charge in [0.1, 0.15) is 18.2 Å². The zero-order valence-corrected chi connectivity index (χ0v) is 13.5. The summed E-state index contributed by atoms with van der Waals surface area (Å²) in [6.45, 7) is 0. The average Bonchev–Trinajstić information content (AvgIpc) is 3.04. The van der Waals surface area contributed by atoms with Crippen LogP contribution in [0.1, 0.15) is 17.2 Å². The summed E-state index contributed by atoms with van der Waals surface area (Å²) >= 11 is 3.43. The predicted octanol–water partition coefficient (Wildman–Crippen LogP) is 4.24. The van der Waals surface area contributed by atoms with Crippen molar-refractivity contribution in [2.75, 3.05) is 5.32 Å². The first-order valence-electron chi connectivity index (χ1n) is 7.11. The standard InChI is InChI=1S/C17H12BrFN4/c18-12-7-5-11(6-8-12)15-9-16(13-3-1-2-4-14(13)19)23-17(22-15)20-10-21-23/h1-10,16H,(H,20,21,22)/t16-/m1/s1. The van der Waals surface area contributed by atoms with Gasteiger partial charge in [-0.15, -0.1) is 0 Å². The van der Waals surface area contributed by atoms with E-state index in [0.717, 1.165) is 15.7 Å². The Balaban J connectivity index is 1.83. The Morgan fingerprint density at radius 3 is 2.65 bits per heavy atom. The van der Waals surface area contributed by atoms with E-state index >= 15 is 0 Å². The number of anilines is 1. The summed E-state index contributed by atoms with van der Waals surface area (Å²) in [7, 11) is 0. The molecule has 0 fully saturated rings. The maximum absolute atomic E-state index is 14.2. The van der Waals surface area contributed by atoms with Crippen molar-refractivity contribution in [3.05, 3.63) is 82.4 Å². The van der Waals surface area contributed by atoms with E-state index in [0.29, 0.717) is 11.5 Å². The number of fused-ring (bicyclic) bond motifs is 1. The van der Waals surface area contributed by atoms with Crippen LogP contribution in [0.15, 0.2) is 65.4 Å². The molecule has 4 rings (SSSR count). The minimum atomic E-state index is -0.339. The molecule has 1 N–H and O–H groups in total. The molecule has 1 aliphatic rings. The molecule has 1 aromatic heterocycles. The second kappa shape index (κ2) is 5.62. The fourth-order valence-corrected chi connectivity index (χ4v) is 2.93. The normalized spacial score (nSPS) is 16.4. The molecule has 23 heavy (non-hydrogen) atoms. The van der Waals surface area contributed by atoms with Gasteiger partial charge in [-0.3, -0.25) is 0 Å². The lowest BCUT2D eigenvalue weighted by Gasteiger charge is -2.24. The smallest absolute Gasteiger partial charge is 0.226 e. The van der Waals surface area contributed by atoms with E-state index in [1.54, 1.807) is 16.8 Å². The van der Waals surface area contributed by atoms with E-state index < -0.39 is 0 Å². The highest BCUT2D eigenvalue weighted by Crippen LogP contribution is 2.33. The molecule has 0 amide bonds. The molecule has 1 atom stereocenters. The quantitative estimate of drug-likeness (QED) is 0.733. The highest BCUT2D eigenvalue weighted by molar-refractivity contribution is 9.10. The Hall–Kier alpha value is -2.47. The fourth-order valence-electron chi connectivity index (χ4n) is 2.67. The summed E-state index contributed by atoms with van der Waals surface area (Å²) < 4.78 is 16.9. The van der Waals surface area contributed by atoms with Crippen molar-refractivity contribution in [1.29, 1.82) is 0 Å². The van der Waals surface area contributed by atoms with Gasteiger partial charge in [-0.25, -0.2) is 9.07 Å². The van der Waals surface area contributed by atoms with Crippen LogP contribution >= 0.6 is 15.9 Å². The molecule has 3 aromatic rings. The highest BCUT2D eigenvalue weighted by atomic mass is 79.9. The van der Waals surface area contributed by atoms with Crippen LogP contribution in [0.3, 0.4) is 0 Å². The van der Waals surface area contributed by atoms with Gasteiger partial charge in [-0.1, -0.05) is 46.3 Å². The van der Waals surface area contributed by atoms with Crippen molar-refractivity contribution in [2.45, 2.75) is 6.04 Å². The molecular weight excluding hydrogens is 359 g/mol. The molecule has 0 spiro atoms. The molecule has 0 radical (unpaired) electrons. The minimum absolute atomic E-state index is 0.257. The van der Waals surface area contributed by atoms with Crippen molar-refractivity contribution >= 4 is 27.6 Å². The number of hydrogen-bond acceptors (Lipinski definition) is 3. The average molecular weight is 371 g/mol.